The summed E-state index contributed by atoms with van der Waals surface area (Å²) in [5.74, 6) is -0.741. The van der Waals surface area contributed by atoms with Crippen molar-refractivity contribution in [2.75, 3.05) is 12.4 Å². The second-order valence-corrected chi connectivity index (χ2v) is 7.80. The van der Waals surface area contributed by atoms with Crippen LogP contribution in [0.15, 0.2) is 65.8 Å². The molecule has 0 aromatic heterocycles. The third kappa shape index (κ3) is 6.97. The van der Waals surface area contributed by atoms with Crippen LogP contribution in [0.2, 0.25) is 10.0 Å². The summed E-state index contributed by atoms with van der Waals surface area (Å²) in [6.45, 7) is 2.11. The summed E-state index contributed by atoms with van der Waals surface area (Å²) in [4.78, 5) is 24.0. The van der Waals surface area contributed by atoms with Crippen LogP contribution in [0.1, 0.15) is 16.7 Å². The molecule has 2 N–H and O–H groups in total. The number of nitrogens with zero attached hydrogens (tertiary/aromatic N) is 1. The SMILES string of the molecule is COc1cc(/C=N\NC(=O)C(=O)Nc2cccc(C)c2)ccc1OCc1ccc(Cl)cc1Cl. The predicted molar refractivity (Wildman–Crippen MR) is 129 cm³/mol. The number of halogens is 2. The minimum atomic E-state index is -0.889. The van der Waals surface area contributed by atoms with Crippen LogP contribution in [0.5, 0.6) is 11.5 Å². The Labute approximate surface area is 201 Å². The lowest BCUT2D eigenvalue weighted by atomic mass is 10.2. The van der Waals surface area contributed by atoms with Crippen LogP contribution in [0, 0.1) is 6.92 Å². The molecular formula is C24H21Cl2N3O4. The molecule has 0 unspecified atom stereocenters. The fourth-order valence-corrected chi connectivity index (χ4v) is 3.27. The Kier molecular flexibility index (Phi) is 8.29. The number of amides is 2. The number of carbonyl (C=O) groups excluding carboxylic acids is 2. The first-order valence-electron chi connectivity index (χ1n) is 9.81. The van der Waals surface area contributed by atoms with Crippen LogP contribution in [0.25, 0.3) is 0 Å². The largest absolute Gasteiger partial charge is 0.493 e. The zero-order valence-electron chi connectivity index (χ0n) is 17.9. The van der Waals surface area contributed by atoms with E-state index in [9.17, 15) is 9.59 Å². The van der Waals surface area contributed by atoms with Crippen molar-refractivity contribution in [2.45, 2.75) is 13.5 Å². The Hall–Kier alpha value is -3.55. The Morgan fingerprint density at radius 1 is 1.00 bits per heavy atom. The van der Waals surface area contributed by atoms with Gasteiger partial charge in [-0.05, 0) is 60.5 Å². The van der Waals surface area contributed by atoms with Crippen molar-refractivity contribution in [2.24, 2.45) is 5.10 Å². The zero-order valence-corrected chi connectivity index (χ0v) is 19.4. The molecule has 0 atom stereocenters. The molecule has 33 heavy (non-hydrogen) atoms. The number of rotatable bonds is 7. The van der Waals surface area contributed by atoms with Crippen molar-refractivity contribution < 1.29 is 19.1 Å². The molecule has 2 amide bonds. The molecule has 0 saturated carbocycles. The highest BCUT2D eigenvalue weighted by Crippen LogP contribution is 2.29. The quantitative estimate of drug-likeness (QED) is 0.280. The highest BCUT2D eigenvalue weighted by Gasteiger charge is 2.13. The van der Waals surface area contributed by atoms with E-state index >= 15 is 0 Å². The van der Waals surface area contributed by atoms with Crippen molar-refractivity contribution in [3.8, 4) is 11.5 Å². The second-order valence-electron chi connectivity index (χ2n) is 6.96. The molecule has 0 spiro atoms. The molecule has 170 valence electrons. The number of hydrogen-bond acceptors (Lipinski definition) is 5. The number of hydrazone groups is 1. The Morgan fingerprint density at radius 2 is 1.82 bits per heavy atom. The molecule has 0 aliphatic carbocycles. The summed E-state index contributed by atoms with van der Waals surface area (Å²) in [7, 11) is 1.51. The zero-order chi connectivity index (χ0) is 23.8. The van der Waals surface area contributed by atoms with Gasteiger partial charge in [-0.15, -0.1) is 0 Å². The van der Waals surface area contributed by atoms with Crippen LogP contribution < -0.4 is 20.2 Å². The lowest BCUT2D eigenvalue weighted by molar-refractivity contribution is -0.136. The summed E-state index contributed by atoms with van der Waals surface area (Å²) in [6, 6.07) is 17.4. The standard InChI is InChI=1S/C24H21Cl2N3O4/c1-15-4-3-5-19(10-15)28-23(30)24(31)29-27-13-16-6-9-21(22(11-16)32-2)33-14-17-7-8-18(25)12-20(17)26/h3-13H,14H2,1-2H3,(H,28,30)(H,29,31)/b27-13-. The van der Waals surface area contributed by atoms with Gasteiger partial charge in [0, 0.05) is 21.3 Å². The minimum absolute atomic E-state index is 0.228. The van der Waals surface area contributed by atoms with Gasteiger partial charge in [0.05, 0.1) is 13.3 Å². The maximum atomic E-state index is 12.0. The summed E-state index contributed by atoms with van der Waals surface area (Å²) >= 11 is 12.1. The van der Waals surface area contributed by atoms with Crippen LogP contribution in [-0.4, -0.2) is 25.1 Å². The molecule has 0 radical (unpaired) electrons. The first kappa shape index (κ1) is 24.1. The summed E-state index contributed by atoms with van der Waals surface area (Å²) in [5.41, 5.74) is 5.09. The first-order chi connectivity index (χ1) is 15.9. The van der Waals surface area contributed by atoms with E-state index in [1.807, 2.05) is 13.0 Å². The lowest BCUT2D eigenvalue weighted by Gasteiger charge is -2.12. The number of carbonyl (C=O) groups is 2. The summed E-state index contributed by atoms with van der Waals surface area (Å²) < 4.78 is 11.2. The van der Waals surface area contributed by atoms with E-state index in [-0.39, 0.29) is 6.61 Å². The lowest BCUT2D eigenvalue weighted by Crippen LogP contribution is -2.32. The summed E-state index contributed by atoms with van der Waals surface area (Å²) in [6.07, 6.45) is 1.39. The molecule has 0 saturated heterocycles. The van der Waals surface area contributed by atoms with Crippen LogP contribution in [0.4, 0.5) is 5.69 Å². The normalized spacial score (nSPS) is 10.7. The van der Waals surface area contributed by atoms with E-state index in [1.165, 1.54) is 13.3 Å². The summed E-state index contributed by atoms with van der Waals surface area (Å²) in [5, 5.41) is 7.39. The van der Waals surface area contributed by atoms with E-state index in [2.05, 4.69) is 15.8 Å². The highest BCUT2D eigenvalue weighted by molar-refractivity contribution is 6.39. The van der Waals surface area contributed by atoms with Crippen molar-refractivity contribution in [1.29, 1.82) is 0 Å². The van der Waals surface area contributed by atoms with Gasteiger partial charge < -0.3 is 14.8 Å². The van der Waals surface area contributed by atoms with Crippen LogP contribution >= 0.6 is 23.2 Å². The van der Waals surface area contributed by atoms with Crippen LogP contribution in [-0.2, 0) is 16.2 Å². The molecular weight excluding hydrogens is 465 g/mol. The van der Waals surface area contributed by atoms with Gasteiger partial charge in [0.1, 0.15) is 6.61 Å². The Bertz CT molecular complexity index is 1200. The van der Waals surface area contributed by atoms with E-state index in [1.54, 1.807) is 54.6 Å². The molecule has 3 aromatic carbocycles. The number of aryl methyl sites for hydroxylation is 1. The average molecular weight is 486 g/mol. The topological polar surface area (TPSA) is 89.0 Å². The second kappa shape index (κ2) is 11.4. The smallest absolute Gasteiger partial charge is 0.329 e. The number of anilines is 1. The molecule has 0 heterocycles. The van der Waals surface area contributed by atoms with Crippen molar-refractivity contribution >= 4 is 46.9 Å². The monoisotopic (exact) mass is 485 g/mol. The van der Waals surface area contributed by atoms with Crippen molar-refractivity contribution in [3.63, 3.8) is 0 Å². The molecule has 0 fully saturated rings. The van der Waals surface area contributed by atoms with Gasteiger partial charge in [-0.25, -0.2) is 5.43 Å². The van der Waals surface area contributed by atoms with Gasteiger partial charge in [-0.3, -0.25) is 9.59 Å². The fraction of sp³-hybridized carbons (Fsp3) is 0.125. The van der Waals surface area contributed by atoms with Crippen molar-refractivity contribution in [1.82, 2.24) is 5.43 Å². The highest BCUT2D eigenvalue weighted by atomic mass is 35.5. The van der Waals surface area contributed by atoms with Gasteiger partial charge in [0.25, 0.3) is 0 Å². The number of hydrogen-bond donors (Lipinski definition) is 2. The maximum absolute atomic E-state index is 12.0. The van der Waals surface area contributed by atoms with Gasteiger partial charge in [-0.1, -0.05) is 41.4 Å². The van der Waals surface area contributed by atoms with Gasteiger partial charge in [-0.2, -0.15) is 5.10 Å². The van der Waals surface area contributed by atoms with E-state index in [4.69, 9.17) is 32.7 Å². The molecule has 7 nitrogen and oxygen atoms in total. The molecule has 3 aromatic rings. The number of nitrogens with one attached hydrogen (secondary N) is 2. The third-order valence-corrected chi connectivity index (χ3v) is 5.03. The Balaban J connectivity index is 1.58. The molecule has 0 aliphatic heterocycles. The van der Waals surface area contributed by atoms with Gasteiger partial charge in [0.2, 0.25) is 0 Å². The Morgan fingerprint density at radius 3 is 2.55 bits per heavy atom. The molecule has 0 aliphatic rings. The van der Waals surface area contributed by atoms with Crippen LogP contribution in [0.3, 0.4) is 0 Å². The van der Waals surface area contributed by atoms with E-state index in [0.717, 1.165) is 11.1 Å². The molecule has 9 heteroatoms. The maximum Gasteiger partial charge on any atom is 0.329 e. The molecule has 0 bridgehead atoms. The molecule has 3 rings (SSSR count). The van der Waals surface area contributed by atoms with E-state index < -0.39 is 11.8 Å². The van der Waals surface area contributed by atoms with Crippen molar-refractivity contribution in [3.05, 3.63) is 87.4 Å². The first-order valence-corrected chi connectivity index (χ1v) is 10.6. The number of methoxy groups -OCH3 is 1. The minimum Gasteiger partial charge on any atom is -0.493 e. The average Bonchev–Trinajstić information content (AvgIpc) is 2.78. The van der Waals surface area contributed by atoms with Gasteiger partial charge in [0.15, 0.2) is 11.5 Å². The third-order valence-electron chi connectivity index (χ3n) is 4.45. The number of benzene rings is 3. The predicted octanol–water partition coefficient (Wildman–Crippen LogP) is 4.98. The van der Waals surface area contributed by atoms with E-state index in [0.29, 0.717) is 32.8 Å². The van der Waals surface area contributed by atoms with Gasteiger partial charge >= 0.3 is 11.8 Å². The fourth-order valence-electron chi connectivity index (χ4n) is 2.80. The number of ether oxygens (including phenoxy) is 2.